The van der Waals surface area contributed by atoms with E-state index in [1.807, 2.05) is 63.8 Å². The maximum absolute atomic E-state index is 12.6. The Hall–Kier alpha value is -3.56. The van der Waals surface area contributed by atoms with Crippen LogP contribution in [0.2, 0.25) is 0 Å². The Kier molecular flexibility index (Phi) is 7.01. The highest BCUT2D eigenvalue weighted by atomic mass is 16.5. The number of carbonyl (C=O) groups excluding carboxylic acids is 1. The number of fused-ring (bicyclic) bond motifs is 1. The number of aromatic nitrogens is 5. The Bertz CT molecular complexity index is 1150. The molecule has 0 fully saturated rings. The normalized spacial score (nSPS) is 12.3. The molecule has 9 heteroatoms. The van der Waals surface area contributed by atoms with Crippen LogP contribution in [0, 0.1) is 0 Å². The number of hydrogen-bond donors (Lipinski definition) is 2. The van der Waals surface area contributed by atoms with Crippen molar-refractivity contribution >= 4 is 11.6 Å². The van der Waals surface area contributed by atoms with E-state index in [1.165, 1.54) is 0 Å². The zero-order valence-electron chi connectivity index (χ0n) is 17.5. The van der Waals surface area contributed by atoms with Gasteiger partial charge in [0.15, 0.2) is 11.5 Å². The average Bonchev–Trinajstić information content (AvgIpc) is 3.43. The van der Waals surface area contributed by atoms with E-state index in [1.54, 1.807) is 26.4 Å². The number of benzene rings is 1. The fourth-order valence-corrected chi connectivity index (χ4v) is 3.09. The minimum absolute atomic E-state index is 0. The Morgan fingerprint density at radius 1 is 1.19 bits per heavy atom. The van der Waals surface area contributed by atoms with Gasteiger partial charge < -0.3 is 20.4 Å². The molecule has 0 bridgehead atoms. The summed E-state index contributed by atoms with van der Waals surface area (Å²) in [6.07, 6.45) is 7.17. The lowest BCUT2D eigenvalue weighted by Crippen LogP contribution is -2.50. The van der Waals surface area contributed by atoms with Crippen molar-refractivity contribution in [3.8, 4) is 5.69 Å². The van der Waals surface area contributed by atoms with Gasteiger partial charge in [-0.05, 0) is 31.5 Å². The fourth-order valence-electron chi connectivity index (χ4n) is 3.09. The summed E-state index contributed by atoms with van der Waals surface area (Å²) >= 11 is 0. The summed E-state index contributed by atoms with van der Waals surface area (Å²) in [4.78, 5) is 16.7. The largest absolute Gasteiger partial charge is 0.374 e. The Morgan fingerprint density at radius 2 is 1.97 bits per heavy atom. The fraction of sp³-hybridized carbons (Fsp3) is 0.304. The molecule has 9 nitrogen and oxygen atoms in total. The van der Waals surface area contributed by atoms with Crippen LogP contribution in [0.4, 0.5) is 0 Å². The number of nitrogens with zero attached hydrogens (tertiary/aromatic N) is 5. The first-order chi connectivity index (χ1) is 14.9. The molecule has 0 radical (unpaired) electrons. The van der Waals surface area contributed by atoms with Gasteiger partial charge in [0.25, 0.3) is 0 Å². The zero-order valence-corrected chi connectivity index (χ0v) is 17.5. The number of carbonyl (C=O) groups is 1. The second kappa shape index (κ2) is 9.71. The van der Waals surface area contributed by atoms with Gasteiger partial charge in [0.2, 0.25) is 5.91 Å². The van der Waals surface area contributed by atoms with Crippen molar-refractivity contribution in [1.29, 1.82) is 0 Å². The summed E-state index contributed by atoms with van der Waals surface area (Å²) in [6, 6.07) is 13.1. The van der Waals surface area contributed by atoms with Gasteiger partial charge in [0.05, 0.1) is 30.8 Å². The highest BCUT2D eigenvalue weighted by Gasteiger charge is 2.28. The third-order valence-electron chi connectivity index (χ3n) is 4.81. The molecular weight excluding hydrogens is 406 g/mol. The number of hydrogen-bond acceptors (Lipinski definition) is 6. The van der Waals surface area contributed by atoms with Gasteiger partial charge in [0, 0.05) is 18.6 Å². The summed E-state index contributed by atoms with van der Waals surface area (Å²) < 4.78 is 9.64. The third kappa shape index (κ3) is 5.19. The molecule has 0 spiro atoms. The van der Waals surface area contributed by atoms with Crippen molar-refractivity contribution in [3.05, 3.63) is 78.8 Å². The second-order valence-corrected chi connectivity index (χ2v) is 7.89. The van der Waals surface area contributed by atoms with Crippen molar-refractivity contribution in [3.63, 3.8) is 0 Å². The van der Waals surface area contributed by atoms with Crippen molar-refractivity contribution in [2.75, 3.05) is 6.61 Å². The molecule has 3 aromatic heterocycles. The lowest BCUT2D eigenvalue weighted by molar-refractivity contribution is -0.126. The lowest BCUT2D eigenvalue weighted by atomic mass is 10.1. The van der Waals surface area contributed by atoms with E-state index >= 15 is 0 Å². The van der Waals surface area contributed by atoms with Crippen LogP contribution >= 0.6 is 0 Å². The smallest absolute Gasteiger partial charge is 0.240 e. The standard InChI is InChI=1S/C22H25N7O2.CH4/c1-22(2,23)21(30)25-18(14-31-13-16-6-4-3-5-7-16)20-27-26-19-9-8-17(12-29(19)20)28-11-10-24-15-28;/h3-12,15,18H,13-14,23H2,1-2H3,(H,25,30);1H4/t18-;/m1./s1. The summed E-state index contributed by atoms with van der Waals surface area (Å²) in [5.74, 6) is 0.256. The van der Waals surface area contributed by atoms with E-state index in [2.05, 4.69) is 20.5 Å². The molecule has 168 valence electrons. The lowest BCUT2D eigenvalue weighted by Gasteiger charge is -2.23. The minimum Gasteiger partial charge on any atom is -0.374 e. The maximum Gasteiger partial charge on any atom is 0.240 e. The van der Waals surface area contributed by atoms with Crippen LogP contribution in [-0.2, 0) is 16.1 Å². The van der Waals surface area contributed by atoms with Gasteiger partial charge in [0.1, 0.15) is 6.04 Å². The summed E-state index contributed by atoms with van der Waals surface area (Å²) in [6.45, 7) is 3.94. The van der Waals surface area contributed by atoms with E-state index in [0.717, 1.165) is 11.3 Å². The molecule has 0 saturated carbocycles. The number of ether oxygens (including phenoxy) is 1. The molecule has 1 aromatic carbocycles. The van der Waals surface area contributed by atoms with E-state index in [0.29, 0.717) is 18.1 Å². The van der Waals surface area contributed by atoms with E-state index in [9.17, 15) is 4.79 Å². The summed E-state index contributed by atoms with van der Waals surface area (Å²) in [7, 11) is 0. The molecule has 0 aliphatic carbocycles. The van der Waals surface area contributed by atoms with Crippen LogP contribution in [0.3, 0.4) is 0 Å². The molecular formula is C23H29N7O2. The van der Waals surface area contributed by atoms with E-state index < -0.39 is 11.6 Å². The van der Waals surface area contributed by atoms with E-state index in [4.69, 9.17) is 10.5 Å². The van der Waals surface area contributed by atoms with Crippen molar-refractivity contribution in [2.24, 2.45) is 5.73 Å². The van der Waals surface area contributed by atoms with Gasteiger partial charge in [-0.2, -0.15) is 0 Å². The van der Waals surface area contributed by atoms with Gasteiger partial charge in [-0.3, -0.25) is 9.20 Å². The highest BCUT2D eigenvalue weighted by Crippen LogP contribution is 2.18. The number of nitrogens with two attached hydrogens (primary N) is 1. The number of amides is 1. The molecule has 1 amide bonds. The molecule has 3 N–H and O–H groups in total. The molecule has 32 heavy (non-hydrogen) atoms. The van der Waals surface area contributed by atoms with Crippen LogP contribution in [0.1, 0.15) is 38.7 Å². The Balaban J connectivity index is 0.00000289. The maximum atomic E-state index is 12.6. The summed E-state index contributed by atoms with van der Waals surface area (Å²) in [5, 5.41) is 11.5. The SMILES string of the molecule is C.CC(C)(N)C(=O)N[C@H](COCc1ccccc1)c1nnc2ccc(-n3ccnc3)cn12. The van der Waals surface area contributed by atoms with Crippen LogP contribution in [0.5, 0.6) is 0 Å². The summed E-state index contributed by atoms with van der Waals surface area (Å²) in [5.41, 5.74) is 7.55. The average molecular weight is 436 g/mol. The van der Waals surface area contributed by atoms with Crippen molar-refractivity contribution in [2.45, 2.75) is 39.5 Å². The van der Waals surface area contributed by atoms with Gasteiger partial charge >= 0.3 is 0 Å². The highest BCUT2D eigenvalue weighted by molar-refractivity contribution is 5.85. The first-order valence-corrected chi connectivity index (χ1v) is 9.96. The van der Waals surface area contributed by atoms with Gasteiger partial charge in [-0.15, -0.1) is 10.2 Å². The molecule has 0 aliphatic heterocycles. The number of nitrogens with one attached hydrogen (secondary N) is 1. The van der Waals surface area contributed by atoms with Crippen LogP contribution < -0.4 is 11.1 Å². The zero-order chi connectivity index (χ0) is 21.8. The molecule has 0 unspecified atom stereocenters. The molecule has 0 saturated heterocycles. The first kappa shape index (κ1) is 23.1. The molecule has 4 rings (SSSR count). The predicted molar refractivity (Wildman–Crippen MR) is 122 cm³/mol. The topological polar surface area (TPSA) is 112 Å². The third-order valence-corrected chi connectivity index (χ3v) is 4.81. The quantitative estimate of drug-likeness (QED) is 0.440. The first-order valence-electron chi connectivity index (χ1n) is 9.96. The molecule has 4 aromatic rings. The Morgan fingerprint density at radius 3 is 2.66 bits per heavy atom. The van der Waals surface area contributed by atoms with Gasteiger partial charge in [-0.1, -0.05) is 37.8 Å². The molecule has 1 atom stereocenters. The Labute approximate surface area is 187 Å². The number of pyridine rings is 1. The monoisotopic (exact) mass is 435 g/mol. The molecule has 3 heterocycles. The van der Waals surface area contributed by atoms with Crippen LogP contribution in [0.25, 0.3) is 11.3 Å². The van der Waals surface area contributed by atoms with Crippen molar-refractivity contribution in [1.82, 2.24) is 29.5 Å². The van der Waals surface area contributed by atoms with E-state index in [-0.39, 0.29) is 19.9 Å². The van der Waals surface area contributed by atoms with Crippen LogP contribution in [-0.4, -0.2) is 42.2 Å². The second-order valence-electron chi connectivity index (χ2n) is 7.89. The van der Waals surface area contributed by atoms with Crippen molar-refractivity contribution < 1.29 is 9.53 Å². The minimum atomic E-state index is -1.04. The molecule has 0 aliphatic rings. The predicted octanol–water partition coefficient (Wildman–Crippen LogP) is 2.66. The number of imidazole rings is 1. The van der Waals surface area contributed by atoms with Crippen LogP contribution in [0.15, 0.2) is 67.4 Å². The van der Waals surface area contributed by atoms with Gasteiger partial charge in [-0.25, -0.2) is 4.98 Å². The number of rotatable bonds is 8.